The molecule has 1 atom stereocenters. The number of nitrogens with one attached hydrogen (secondary N) is 1. The predicted octanol–water partition coefficient (Wildman–Crippen LogP) is 3.39. The lowest BCUT2D eigenvalue weighted by atomic mass is 10.1. The van der Waals surface area contributed by atoms with Gasteiger partial charge in [-0.15, -0.1) is 0 Å². The van der Waals surface area contributed by atoms with Gasteiger partial charge >= 0.3 is 0 Å². The summed E-state index contributed by atoms with van der Waals surface area (Å²) in [6, 6.07) is 10.2. The summed E-state index contributed by atoms with van der Waals surface area (Å²) in [6.07, 6.45) is 3.60. The lowest BCUT2D eigenvalue weighted by Gasteiger charge is -2.27. The fourth-order valence-corrected chi connectivity index (χ4v) is 2.28. The number of anilines is 1. The minimum Gasteiger partial charge on any atom is -0.489 e. The van der Waals surface area contributed by atoms with Gasteiger partial charge in [0.05, 0.1) is 11.7 Å². The molecule has 3 rings (SSSR count). The second-order valence-corrected chi connectivity index (χ2v) is 4.84. The number of fused-ring (bicyclic) bond motifs is 1. The summed E-state index contributed by atoms with van der Waals surface area (Å²) in [4.78, 5) is 4.02. The first-order chi connectivity index (χ1) is 8.33. The summed E-state index contributed by atoms with van der Waals surface area (Å²) in [6.45, 7) is 0.638. The van der Waals surface area contributed by atoms with Crippen LogP contribution in [-0.4, -0.2) is 11.6 Å². The zero-order chi connectivity index (χ0) is 11.7. The molecule has 1 aromatic heterocycles. The largest absolute Gasteiger partial charge is 0.489 e. The standard InChI is InChI=1S/C13H11BrN2O/c14-10-1-2-13-11(7-10)16-12(8-17-13)9-3-5-15-6-4-9/h1-7,12,16H,8H2. The van der Waals surface area contributed by atoms with Gasteiger partial charge in [0.1, 0.15) is 12.4 Å². The first kappa shape index (κ1) is 10.6. The molecule has 4 heteroatoms. The maximum atomic E-state index is 5.74. The van der Waals surface area contributed by atoms with E-state index in [-0.39, 0.29) is 6.04 Å². The monoisotopic (exact) mass is 290 g/mol. The van der Waals surface area contributed by atoms with Crippen LogP contribution in [-0.2, 0) is 0 Å². The first-order valence-electron chi connectivity index (χ1n) is 5.42. The number of hydrogen-bond acceptors (Lipinski definition) is 3. The van der Waals surface area contributed by atoms with Crippen LogP contribution in [0.4, 0.5) is 5.69 Å². The molecule has 0 saturated heterocycles. The SMILES string of the molecule is Brc1ccc2c(c1)NC(c1ccncc1)CO2. The first-order valence-corrected chi connectivity index (χ1v) is 6.21. The number of aromatic nitrogens is 1. The van der Waals surface area contributed by atoms with Crippen molar-refractivity contribution < 1.29 is 4.74 Å². The van der Waals surface area contributed by atoms with Gasteiger partial charge in [0, 0.05) is 16.9 Å². The average molecular weight is 291 g/mol. The lowest BCUT2D eigenvalue weighted by Crippen LogP contribution is -2.23. The molecule has 86 valence electrons. The quantitative estimate of drug-likeness (QED) is 0.874. The maximum absolute atomic E-state index is 5.74. The Kier molecular flexibility index (Phi) is 2.73. The predicted molar refractivity (Wildman–Crippen MR) is 70.2 cm³/mol. The molecule has 0 spiro atoms. The summed E-state index contributed by atoms with van der Waals surface area (Å²) in [7, 11) is 0. The maximum Gasteiger partial charge on any atom is 0.142 e. The Balaban J connectivity index is 1.90. The fraction of sp³-hybridized carbons (Fsp3) is 0.154. The third kappa shape index (κ3) is 2.13. The smallest absolute Gasteiger partial charge is 0.142 e. The van der Waals surface area contributed by atoms with Gasteiger partial charge in [-0.25, -0.2) is 0 Å². The summed E-state index contributed by atoms with van der Waals surface area (Å²) in [5, 5.41) is 3.47. The molecule has 0 saturated carbocycles. The van der Waals surface area contributed by atoms with Crippen molar-refractivity contribution in [1.29, 1.82) is 0 Å². The highest BCUT2D eigenvalue weighted by Gasteiger charge is 2.20. The van der Waals surface area contributed by atoms with Crippen LogP contribution in [0.25, 0.3) is 0 Å². The molecule has 2 aromatic rings. The Labute approximate surface area is 108 Å². The molecule has 3 nitrogen and oxygen atoms in total. The van der Waals surface area contributed by atoms with Gasteiger partial charge in [0.15, 0.2) is 0 Å². The molecular weight excluding hydrogens is 280 g/mol. The fourth-order valence-electron chi connectivity index (χ4n) is 1.92. The van der Waals surface area contributed by atoms with Crippen LogP contribution in [0.15, 0.2) is 47.2 Å². The van der Waals surface area contributed by atoms with Gasteiger partial charge in [-0.3, -0.25) is 4.98 Å². The summed E-state index contributed by atoms with van der Waals surface area (Å²) in [5.74, 6) is 0.901. The van der Waals surface area contributed by atoms with E-state index in [0.717, 1.165) is 15.9 Å². The number of rotatable bonds is 1. The number of halogens is 1. The van der Waals surface area contributed by atoms with Crippen molar-refractivity contribution >= 4 is 21.6 Å². The van der Waals surface area contributed by atoms with Crippen molar-refractivity contribution in [2.75, 3.05) is 11.9 Å². The molecule has 0 amide bonds. The van der Waals surface area contributed by atoms with Gasteiger partial charge in [-0.1, -0.05) is 15.9 Å². The third-order valence-electron chi connectivity index (χ3n) is 2.79. The molecule has 1 aliphatic heterocycles. The molecule has 1 aliphatic rings. The second-order valence-electron chi connectivity index (χ2n) is 3.93. The molecule has 1 aromatic carbocycles. The van der Waals surface area contributed by atoms with Crippen LogP contribution in [0.1, 0.15) is 11.6 Å². The van der Waals surface area contributed by atoms with Crippen LogP contribution >= 0.6 is 15.9 Å². The lowest BCUT2D eigenvalue weighted by molar-refractivity contribution is 0.286. The van der Waals surface area contributed by atoms with E-state index >= 15 is 0 Å². The van der Waals surface area contributed by atoms with Gasteiger partial charge in [-0.05, 0) is 35.9 Å². The zero-order valence-corrected chi connectivity index (χ0v) is 10.6. The topological polar surface area (TPSA) is 34.2 Å². The summed E-state index contributed by atoms with van der Waals surface area (Å²) >= 11 is 3.46. The van der Waals surface area contributed by atoms with E-state index in [1.165, 1.54) is 5.56 Å². The van der Waals surface area contributed by atoms with Crippen molar-refractivity contribution in [2.45, 2.75) is 6.04 Å². The molecule has 1 unspecified atom stereocenters. The number of nitrogens with zero attached hydrogens (tertiary/aromatic N) is 1. The molecule has 0 fully saturated rings. The molecule has 17 heavy (non-hydrogen) atoms. The van der Waals surface area contributed by atoms with Crippen LogP contribution in [0.3, 0.4) is 0 Å². The van der Waals surface area contributed by atoms with Crippen LogP contribution in [0.2, 0.25) is 0 Å². The minimum absolute atomic E-state index is 0.180. The summed E-state index contributed by atoms with van der Waals surface area (Å²) < 4.78 is 6.79. The molecule has 1 N–H and O–H groups in total. The Morgan fingerprint density at radius 2 is 2.06 bits per heavy atom. The van der Waals surface area contributed by atoms with Crippen LogP contribution in [0.5, 0.6) is 5.75 Å². The van der Waals surface area contributed by atoms with E-state index in [1.54, 1.807) is 12.4 Å². The molecular formula is C13H11BrN2O. The van der Waals surface area contributed by atoms with E-state index in [9.17, 15) is 0 Å². The summed E-state index contributed by atoms with van der Waals surface area (Å²) in [5.41, 5.74) is 2.21. The van der Waals surface area contributed by atoms with Crippen LogP contribution in [0, 0.1) is 0 Å². The molecule has 0 aliphatic carbocycles. The van der Waals surface area contributed by atoms with E-state index in [4.69, 9.17) is 4.74 Å². The molecule has 0 bridgehead atoms. The normalized spacial score (nSPS) is 17.8. The van der Waals surface area contributed by atoms with Crippen molar-refractivity contribution in [3.05, 3.63) is 52.8 Å². The number of pyridine rings is 1. The van der Waals surface area contributed by atoms with E-state index in [1.807, 2.05) is 30.3 Å². The van der Waals surface area contributed by atoms with Crippen molar-refractivity contribution in [2.24, 2.45) is 0 Å². The highest BCUT2D eigenvalue weighted by atomic mass is 79.9. The average Bonchev–Trinajstić information content (AvgIpc) is 2.39. The molecule has 0 radical (unpaired) electrons. The Hall–Kier alpha value is -1.55. The van der Waals surface area contributed by atoms with Gasteiger partial charge < -0.3 is 10.1 Å². The van der Waals surface area contributed by atoms with Crippen molar-refractivity contribution in [3.63, 3.8) is 0 Å². The number of ether oxygens (including phenoxy) is 1. The second kappa shape index (κ2) is 4.37. The van der Waals surface area contributed by atoms with Crippen molar-refractivity contribution in [3.8, 4) is 5.75 Å². The highest BCUT2D eigenvalue weighted by molar-refractivity contribution is 9.10. The van der Waals surface area contributed by atoms with Crippen molar-refractivity contribution in [1.82, 2.24) is 4.98 Å². The zero-order valence-electron chi connectivity index (χ0n) is 9.06. The number of hydrogen-bond donors (Lipinski definition) is 1. The Bertz CT molecular complexity index is 530. The van der Waals surface area contributed by atoms with Crippen LogP contribution < -0.4 is 10.1 Å². The molecule has 2 heterocycles. The number of benzene rings is 1. The van der Waals surface area contributed by atoms with E-state index < -0.39 is 0 Å². The van der Waals surface area contributed by atoms with Gasteiger partial charge in [-0.2, -0.15) is 0 Å². The minimum atomic E-state index is 0.180. The third-order valence-corrected chi connectivity index (χ3v) is 3.28. The van der Waals surface area contributed by atoms with Gasteiger partial charge in [0.2, 0.25) is 0 Å². The Morgan fingerprint density at radius 1 is 1.24 bits per heavy atom. The van der Waals surface area contributed by atoms with Gasteiger partial charge in [0.25, 0.3) is 0 Å². The highest BCUT2D eigenvalue weighted by Crippen LogP contribution is 2.35. The van der Waals surface area contributed by atoms with E-state index in [2.05, 4.69) is 26.2 Å². The Morgan fingerprint density at radius 3 is 2.88 bits per heavy atom. The van der Waals surface area contributed by atoms with E-state index in [0.29, 0.717) is 6.61 Å².